The van der Waals surface area contributed by atoms with Crippen LogP contribution in [0.1, 0.15) is 0 Å². The lowest BCUT2D eigenvalue weighted by Gasteiger charge is -2.37. The van der Waals surface area contributed by atoms with Crippen molar-refractivity contribution in [2.24, 2.45) is 0 Å². The third kappa shape index (κ3) is 5.18. The lowest BCUT2D eigenvalue weighted by Crippen LogP contribution is -2.52. The van der Waals surface area contributed by atoms with Gasteiger partial charge in [0.1, 0.15) is 23.8 Å². The first-order valence-electron chi connectivity index (χ1n) is 10.1. The van der Waals surface area contributed by atoms with Crippen molar-refractivity contribution in [1.82, 2.24) is 4.90 Å². The Bertz CT molecular complexity index is 1050. The summed E-state index contributed by atoms with van der Waals surface area (Å²) >= 11 is 0. The van der Waals surface area contributed by atoms with Gasteiger partial charge in [-0.1, -0.05) is 12.1 Å². The Labute approximate surface area is 189 Å². The third-order valence-electron chi connectivity index (χ3n) is 5.39. The van der Waals surface area contributed by atoms with E-state index in [1.807, 2.05) is 24.3 Å². The van der Waals surface area contributed by atoms with E-state index in [9.17, 15) is 13.2 Å². The summed E-state index contributed by atoms with van der Waals surface area (Å²) < 4.78 is 42.2. The van der Waals surface area contributed by atoms with E-state index in [1.165, 1.54) is 14.2 Å². The third-order valence-corrected chi connectivity index (χ3v) is 6.52. The lowest BCUT2D eigenvalue weighted by molar-refractivity contribution is -0.129. The zero-order chi connectivity index (χ0) is 23.3. The van der Waals surface area contributed by atoms with Crippen molar-refractivity contribution in [3.05, 3.63) is 42.5 Å². The van der Waals surface area contributed by atoms with Crippen LogP contribution < -0.4 is 23.4 Å². The van der Waals surface area contributed by atoms with Crippen molar-refractivity contribution in [3.8, 4) is 17.2 Å². The van der Waals surface area contributed by atoms with Crippen LogP contribution in [-0.2, 0) is 14.8 Å². The molecule has 0 aliphatic carbocycles. The quantitative estimate of drug-likeness (QED) is 0.590. The zero-order valence-corrected chi connectivity index (χ0v) is 19.6. The standard InChI is InChI=1S/C22H29N3O6S/c1-29-17-9-10-21(31-3)19(15-17)25(32(4,27)28)16-22(26)24-13-11-23(12-14-24)18-7-5-6-8-20(18)30-2/h5-10,15H,11-14,16H2,1-4H3. The lowest BCUT2D eigenvalue weighted by atomic mass is 10.2. The monoisotopic (exact) mass is 463 g/mol. The molecule has 0 radical (unpaired) electrons. The van der Waals surface area contributed by atoms with Crippen LogP contribution in [0.25, 0.3) is 0 Å². The number of amides is 1. The first-order chi connectivity index (χ1) is 15.3. The van der Waals surface area contributed by atoms with Crippen molar-refractivity contribution in [2.45, 2.75) is 0 Å². The van der Waals surface area contributed by atoms with Crippen LogP contribution in [0.5, 0.6) is 17.2 Å². The van der Waals surface area contributed by atoms with Gasteiger partial charge in [-0.2, -0.15) is 0 Å². The van der Waals surface area contributed by atoms with Crippen LogP contribution >= 0.6 is 0 Å². The molecule has 0 saturated carbocycles. The SMILES string of the molecule is COc1ccc(OC)c(N(CC(=O)N2CCN(c3ccccc3OC)CC2)S(C)(=O)=O)c1. The highest BCUT2D eigenvalue weighted by Gasteiger charge is 2.29. The average Bonchev–Trinajstić information content (AvgIpc) is 2.81. The van der Waals surface area contributed by atoms with E-state index in [2.05, 4.69) is 4.90 Å². The molecule has 0 atom stereocenters. The van der Waals surface area contributed by atoms with E-state index in [0.29, 0.717) is 37.7 Å². The van der Waals surface area contributed by atoms with Gasteiger partial charge in [-0.25, -0.2) is 8.42 Å². The Hall–Kier alpha value is -3.14. The van der Waals surface area contributed by atoms with Crippen LogP contribution in [-0.4, -0.2) is 79.5 Å². The highest BCUT2D eigenvalue weighted by atomic mass is 32.2. The fraction of sp³-hybridized carbons (Fsp3) is 0.409. The number of nitrogens with zero attached hydrogens (tertiary/aromatic N) is 3. The highest BCUT2D eigenvalue weighted by molar-refractivity contribution is 7.92. The number of methoxy groups -OCH3 is 3. The molecule has 1 aliphatic rings. The number of anilines is 2. The zero-order valence-electron chi connectivity index (χ0n) is 18.8. The molecule has 1 heterocycles. The molecule has 2 aromatic rings. The van der Waals surface area contributed by atoms with E-state index in [1.54, 1.807) is 30.2 Å². The molecule has 32 heavy (non-hydrogen) atoms. The smallest absolute Gasteiger partial charge is 0.243 e. The Balaban J connectivity index is 1.75. The van der Waals surface area contributed by atoms with Gasteiger partial charge in [-0.15, -0.1) is 0 Å². The van der Waals surface area contributed by atoms with Gasteiger partial charge in [0.15, 0.2) is 0 Å². The Morgan fingerprint density at radius 3 is 2.19 bits per heavy atom. The van der Waals surface area contributed by atoms with Crippen molar-refractivity contribution in [2.75, 3.05) is 69.5 Å². The molecule has 10 heteroatoms. The summed E-state index contributed by atoms with van der Waals surface area (Å²) in [4.78, 5) is 16.9. The van der Waals surface area contributed by atoms with Gasteiger partial charge in [-0.05, 0) is 24.3 Å². The number of para-hydroxylation sites is 2. The minimum Gasteiger partial charge on any atom is -0.497 e. The van der Waals surface area contributed by atoms with Gasteiger partial charge in [-0.3, -0.25) is 9.10 Å². The largest absolute Gasteiger partial charge is 0.497 e. The molecule has 0 aromatic heterocycles. The van der Waals surface area contributed by atoms with Crippen molar-refractivity contribution in [1.29, 1.82) is 0 Å². The Morgan fingerprint density at radius 2 is 1.59 bits per heavy atom. The topological polar surface area (TPSA) is 88.6 Å². The molecule has 174 valence electrons. The summed E-state index contributed by atoms with van der Waals surface area (Å²) in [6.45, 7) is 1.87. The first kappa shape index (κ1) is 23.5. The van der Waals surface area contributed by atoms with Gasteiger partial charge >= 0.3 is 0 Å². The number of sulfonamides is 1. The van der Waals surface area contributed by atoms with E-state index in [-0.39, 0.29) is 18.1 Å². The minimum absolute atomic E-state index is 0.260. The summed E-state index contributed by atoms with van der Waals surface area (Å²) in [5.74, 6) is 1.30. The van der Waals surface area contributed by atoms with Gasteiger partial charge in [0.25, 0.3) is 0 Å². The first-order valence-corrected chi connectivity index (χ1v) is 12.0. The second kappa shape index (κ2) is 9.99. The summed E-state index contributed by atoms with van der Waals surface area (Å²) in [6.07, 6.45) is 1.07. The number of rotatable bonds is 8. The highest BCUT2D eigenvalue weighted by Crippen LogP contribution is 2.34. The predicted octanol–water partition coefficient (Wildman–Crippen LogP) is 1.83. The van der Waals surface area contributed by atoms with E-state index < -0.39 is 10.0 Å². The van der Waals surface area contributed by atoms with Crippen LogP contribution in [0.3, 0.4) is 0 Å². The molecule has 3 rings (SSSR count). The number of piperazine rings is 1. The molecule has 0 N–H and O–H groups in total. The fourth-order valence-electron chi connectivity index (χ4n) is 3.68. The molecule has 1 saturated heterocycles. The van der Waals surface area contributed by atoms with Gasteiger partial charge in [0, 0.05) is 32.2 Å². The number of hydrogen-bond acceptors (Lipinski definition) is 7. The normalized spacial score (nSPS) is 14.1. The number of ether oxygens (including phenoxy) is 3. The van der Waals surface area contributed by atoms with Crippen LogP contribution in [0.4, 0.5) is 11.4 Å². The van der Waals surface area contributed by atoms with Crippen LogP contribution in [0.15, 0.2) is 42.5 Å². The van der Waals surface area contributed by atoms with Gasteiger partial charge in [0.05, 0.1) is 39.0 Å². The molecule has 0 bridgehead atoms. The Kier molecular flexibility index (Phi) is 7.34. The van der Waals surface area contributed by atoms with Gasteiger partial charge in [0.2, 0.25) is 15.9 Å². The molecular formula is C22H29N3O6S. The maximum atomic E-state index is 13.1. The number of benzene rings is 2. The average molecular weight is 464 g/mol. The molecule has 0 spiro atoms. The molecule has 1 aliphatic heterocycles. The Morgan fingerprint density at radius 1 is 0.938 bits per heavy atom. The van der Waals surface area contributed by atoms with E-state index in [4.69, 9.17) is 14.2 Å². The minimum atomic E-state index is -3.75. The van der Waals surface area contributed by atoms with Crippen LogP contribution in [0.2, 0.25) is 0 Å². The summed E-state index contributed by atoms with van der Waals surface area (Å²) in [5, 5.41) is 0. The van der Waals surface area contributed by atoms with Crippen molar-refractivity contribution in [3.63, 3.8) is 0 Å². The molecule has 1 amide bonds. The van der Waals surface area contributed by atoms with E-state index >= 15 is 0 Å². The molecule has 1 fully saturated rings. The molecule has 2 aromatic carbocycles. The molecular weight excluding hydrogens is 434 g/mol. The fourth-order valence-corrected chi connectivity index (χ4v) is 4.53. The maximum absolute atomic E-state index is 13.1. The summed E-state index contributed by atoms with van der Waals surface area (Å²) in [6, 6.07) is 12.6. The number of carbonyl (C=O) groups is 1. The van der Waals surface area contributed by atoms with Crippen LogP contribution in [0, 0.1) is 0 Å². The number of carbonyl (C=O) groups excluding carboxylic acids is 1. The number of hydrogen-bond donors (Lipinski definition) is 0. The second-order valence-corrected chi connectivity index (χ2v) is 9.25. The van der Waals surface area contributed by atoms with E-state index in [0.717, 1.165) is 22.0 Å². The second-order valence-electron chi connectivity index (χ2n) is 7.35. The summed E-state index contributed by atoms with van der Waals surface area (Å²) in [5.41, 5.74) is 1.23. The molecule has 0 unspecified atom stereocenters. The molecule has 9 nitrogen and oxygen atoms in total. The van der Waals surface area contributed by atoms with Crippen molar-refractivity contribution >= 4 is 27.3 Å². The van der Waals surface area contributed by atoms with Crippen molar-refractivity contribution < 1.29 is 27.4 Å². The predicted molar refractivity (Wildman–Crippen MR) is 124 cm³/mol. The maximum Gasteiger partial charge on any atom is 0.243 e. The summed E-state index contributed by atoms with van der Waals surface area (Å²) in [7, 11) is 0.819. The van der Waals surface area contributed by atoms with Gasteiger partial charge < -0.3 is 24.0 Å².